The minimum Gasteiger partial charge on any atom is -0.430 e. The molecule has 1 aromatic carbocycles. The van der Waals surface area contributed by atoms with Gasteiger partial charge in [0, 0.05) is 0 Å². The summed E-state index contributed by atoms with van der Waals surface area (Å²) < 4.78 is 79.8. The van der Waals surface area contributed by atoms with E-state index in [1.54, 1.807) is 0 Å². The van der Waals surface area contributed by atoms with E-state index in [4.69, 9.17) is 0 Å². The van der Waals surface area contributed by atoms with Crippen molar-refractivity contribution in [2.24, 2.45) is 11.8 Å². The highest BCUT2D eigenvalue weighted by molar-refractivity contribution is 5.50. The predicted octanol–water partition coefficient (Wildman–Crippen LogP) is 7.96. The van der Waals surface area contributed by atoms with Gasteiger partial charge in [0.2, 0.25) is 0 Å². The van der Waals surface area contributed by atoms with Gasteiger partial charge in [-0.2, -0.15) is 22.0 Å². The minimum absolute atomic E-state index is 0.469. The van der Waals surface area contributed by atoms with Crippen LogP contribution in [-0.2, 0) is 0 Å². The zero-order valence-corrected chi connectivity index (χ0v) is 16.5. The second kappa shape index (κ2) is 10.4. The summed E-state index contributed by atoms with van der Waals surface area (Å²) >= 11 is 0. The van der Waals surface area contributed by atoms with Gasteiger partial charge >= 0.3 is 12.3 Å². The Kier molecular flexibility index (Phi) is 8.46. The Hall–Kier alpha value is -1.66. The summed E-state index contributed by atoms with van der Waals surface area (Å²) in [6.07, 6.45) is -1.32. The number of allylic oxidation sites excluding steroid dienone is 1. The first-order valence-corrected chi connectivity index (χ1v) is 10.2. The Morgan fingerprint density at radius 2 is 1.62 bits per heavy atom. The number of halogens is 6. The number of hydrogen-bond acceptors (Lipinski definition) is 1. The average molecular weight is 422 g/mol. The van der Waals surface area contributed by atoms with Crippen molar-refractivity contribution < 1.29 is 31.1 Å². The summed E-state index contributed by atoms with van der Waals surface area (Å²) in [5.41, 5.74) is 0.721. The molecule has 0 saturated heterocycles. The molecule has 1 unspecified atom stereocenters. The molecule has 164 valence electrons. The topological polar surface area (TPSA) is 9.23 Å². The van der Waals surface area contributed by atoms with Crippen LogP contribution in [0.5, 0.6) is 5.75 Å². The van der Waals surface area contributed by atoms with Crippen molar-refractivity contribution in [2.45, 2.75) is 76.7 Å². The van der Waals surface area contributed by atoms with Crippen LogP contribution >= 0.6 is 0 Å². The van der Waals surface area contributed by atoms with Crippen molar-refractivity contribution in [3.05, 3.63) is 35.9 Å². The summed E-state index contributed by atoms with van der Waals surface area (Å²) in [4.78, 5) is 0. The van der Waals surface area contributed by atoms with Crippen LogP contribution in [-0.4, -0.2) is 18.5 Å². The molecule has 0 radical (unpaired) electrons. The Labute approximate surface area is 168 Å². The normalized spacial score (nSPS) is 22.0. The fourth-order valence-electron chi connectivity index (χ4n) is 3.65. The van der Waals surface area contributed by atoms with E-state index in [2.05, 4.69) is 17.7 Å². The molecule has 0 aromatic heterocycles. The first kappa shape index (κ1) is 23.6. The first-order valence-electron chi connectivity index (χ1n) is 10.2. The predicted molar refractivity (Wildman–Crippen MR) is 102 cm³/mol. The van der Waals surface area contributed by atoms with Gasteiger partial charge in [0.15, 0.2) is 0 Å². The molecule has 29 heavy (non-hydrogen) atoms. The van der Waals surface area contributed by atoms with Gasteiger partial charge in [-0.25, -0.2) is 4.39 Å². The molecular formula is C22H28F6O. The van der Waals surface area contributed by atoms with Gasteiger partial charge in [-0.1, -0.05) is 56.9 Å². The molecule has 1 aliphatic rings. The molecule has 0 spiro atoms. The molecule has 7 heteroatoms. The Morgan fingerprint density at radius 3 is 2.17 bits per heavy atom. The van der Waals surface area contributed by atoms with Crippen molar-refractivity contribution in [2.75, 3.05) is 0 Å². The van der Waals surface area contributed by atoms with Crippen LogP contribution < -0.4 is 4.74 Å². The zero-order chi connectivity index (χ0) is 21.5. The van der Waals surface area contributed by atoms with Crippen LogP contribution in [0.4, 0.5) is 26.3 Å². The molecule has 0 N–H and O–H groups in total. The van der Waals surface area contributed by atoms with Crippen molar-refractivity contribution in [1.29, 1.82) is 0 Å². The summed E-state index contributed by atoms with van der Waals surface area (Å²) in [5.74, 6) is 0.753. The number of alkyl halides is 6. The lowest BCUT2D eigenvalue weighted by Gasteiger charge is -2.26. The molecule has 1 saturated carbocycles. The van der Waals surface area contributed by atoms with E-state index in [1.165, 1.54) is 50.7 Å². The van der Waals surface area contributed by atoms with E-state index in [1.807, 2.05) is 6.08 Å². The molecule has 2 rings (SSSR count). The van der Waals surface area contributed by atoms with Crippen LogP contribution in [0.15, 0.2) is 30.3 Å². The molecule has 0 heterocycles. The van der Waals surface area contributed by atoms with Crippen LogP contribution in [0.25, 0.3) is 6.08 Å². The number of rotatable bonds is 9. The third kappa shape index (κ3) is 7.59. The second-order valence-electron chi connectivity index (χ2n) is 7.77. The maximum Gasteiger partial charge on any atom is 0.439 e. The fourth-order valence-corrected chi connectivity index (χ4v) is 3.65. The number of unbranched alkanes of at least 4 members (excludes halogenated alkanes) is 2. The van der Waals surface area contributed by atoms with Gasteiger partial charge in [-0.3, -0.25) is 0 Å². The lowest BCUT2D eigenvalue weighted by molar-refractivity contribution is -0.304. The molecule has 0 aliphatic heterocycles. The van der Waals surface area contributed by atoms with Crippen LogP contribution in [0, 0.1) is 11.8 Å². The summed E-state index contributed by atoms with van der Waals surface area (Å²) in [5, 5.41) is 0. The summed E-state index contributed by atoms with van der Waals surface area (Å²) in [7, 11) is 0. The zero-order valence-electron chi connectivity index (χ0n) is 16.5. The summed E-state index contributed by atoms with van der Waals surface area (Å²) in [6, 6.07) is 5.14. The highest BCUT2D eigenvalue weighted by atomic mass is 19.4. The average Bonchev–Trinajstić information content (AvgIpc) is 2.67. The Balaban J connectivity index is 1.83. The summed E-state index contributed by atoms with van der Waals surface area (Å²) in [6.45, 7) is 2.20. The molecule has 1 aromatic rings. The highest BCUT2D eigenvalue weighted by Gasteiger charge is 2.59. The quantitative estimate of drug-likeness (QED) is 0.290. The third-order valence-electron chi connectivity index (χ3n) is 5.38. The van der Waals surface area contributed by atoms with Crippen molar-refractivity contribution >= 4 is 6.08 Å². The van der Waals surface area contributed by atoms with E-state index in [-0.39, 0.29) is 0 Å². The second-order valence-corrected chi connectivity index (χ2v) is 7.77. The fraction of sp³-hybridized carbons (Fsp3) is 0.636. The van der Waals surface area contributed by atoms with Crippen LogP contribution in [0.1, 0.15) is 63.9 Å². The monoisotopic (exact) mass is 422 g/mol. The van der Waals surface area contributed by atoms with Gasteiger partial charge in [0.25, 0.3) is 6.17 Å². The molecule has 0 bridgehead atoms. The lowest BCUT2D eigenvalue weighted by Crippen LogP contribution is -2.45. The maximum absolute atomic E-state index is 13.3. The molecular weight excluding hydrogens is 394 g/mol. The molecule has 1 aliphatic carbocycles. The van der Waals surface area contributed by atoms with E-state index in [0.29, 0.717) is 5.92 Å². The van der Waals surface area contributed by atoms with E-state index in [0.717, 1.165) is 36.5 Å². The highest BCUT2D eigenvalue weighted by Crippen LogP contribution is 2.37. The van der Waals surface area contributed by atoms with Gasteiger partial charge < -0.3 is 4.74 Å². The van der Waals surface area contributed by atoms with Crippen molar-refractivity contribution in [3.8, 4) is 5.75 Å². The molecule has 0 amide bonds. The van der Waals surface area contributed by atoms with Crippen LogP contribution in [0.3, 0.4) is 0 Å². The lowest BCUT2D eigenvalue weighted by atomic mass is 9.79. The van der Waals surface area contributed by atoms with E-state index < -0.39 is 24.2 Å². The van der Waals surface area contributed by atoms with E-state index in [9.17, 15) is 26.3 Å². The van der Waals surface area contributed by atoms with Gasteiger partial charge in [-0.15, -0.1) is 0 Å². The first-order chi connectivity index (χ1) is 13.6. The largest absolute Gasteiger partial charge is 0.439 e. The maximum atomic E-state index is 13.3. The molecule has 1 atom stereocenters. The van der Waals surface area contributed by atoms with Gasteiger partial charge in [0.1, 0.15) is 5.75 Å². The van der Waals surface area contributed by atoms with Gasteiger partial charge in [-0.05, 0) is 55.2 Å². The van der Waals surface area contributed by atoms with E-state index >= 15 is 0 Å². The third-order valence-corrected chi connectivity index (χ3v) is 5.38. The van der Waals surface area contributed by atoms with Crippen molar-refractivity contribution in [1.82, 2.24) is 0 Å². The number of ether oxygens (including phenoxy) is 1. The minimum atomic E-state index is -5.69. The molecule has 1 fully saturated rings. The Morgan fingerprint density at radius 1 is 1.00 bits per heavy atom. The van der Waals surface area contributed by atoms with Crippen LogP contribution in [0.2, 0.25) is 0 Å². The Bertz CT molecular complexity index is 630. The van der Waals surface area contributed by atoms with Crippen molar-refractivity contribution in [3.63, 3.8) is 0 Å². The SMILES string of the molecule is CCCCCC1CCC(C=Cc2ccc(OC(F)(F)C(F)C(F)(F)F)cc2)CC1. The molecule has 1 nitrogen and oxygen atoms in total. The standard InChI is InChI=1S/C22H28F6O/c1-2-3-4-5-16-6-8-17(9-7-16)10-11-18-12-14-19(15-13-18)29-22(27,28)20(23)21(24,25)26/h10-17,20H,2-9H2,1H3. The van der Waals surface area contributed by atoms with Gasteiger partial charge in [0.05, 0.1) is 0 Å². The smallest absolute Gasteiger partial charge is 0.430 e. The number of hydrogen-bond donors (Lipinski definition) is 0. The number of benzene rings is 1.